The Hall–Kier alpha value is -3.09. The molecule has 1 atom stereocenters. The number of furan rings is 1. The van der Waals surface area contributed by atoms with E-state index in [1.54, 1.807) is 26.0 Å². The summed E-state index contributed by atoms with van der Waals surface area (Å²) >= 11 is 0. The van der Waals surface area contributed by atoms with Crippen molar-refractivity contribution in [3.63, 3.8) is 0 Å². The quantitative estimate of drug-likeness (QED) is 0.714. The number of carbonyl (C=O) groups excluding carboxylic acids is 3. The van der Waals surface area contributed by atoms with Crippen molar-refractivity contribution in [1.29, 1.82) is 0 Å². The van der Waals surface area contributed by atoms with E-state index in [4.69, 9.17) is 4.42 Å². The molecule has 1 heterocycles. The Morgan fingerprint density at radius 1 is 1.00 bits per heavy atom. The first-order valence-corrected chi connectivity index (χ1v) is 8.31. The van der Waals surface area contributed by atoms with Gasteiger partial charge in [-0.1, -0.05) is 31.5 Å². The second-order valence-corrected chi connectivity index (χ2v) is 6.43. The van der Waals surface area contributed by atoms with Gasteiger partial charge in [0, 0.05) is 5.56 Å². The molecule has 7 nitrogen and oxygen atoms in total. The molecule has 0 aliphatic rings. The van der Waals surface area contributed by atoms with Crippen molar-refractivity contribution < 1.29 is 18.8 Å². The standard InChI is InChI=1S/C19H23N3O4/c1-11(2)16(20-18(24)15-6-5-9-26-15)19(25)22-21-17(23)14-8-7-12(3)10-13(14)4/h5-11,16H,1-4H3,(H,20,24)(H,21,23)(H,22,25)/t16-/m0/s1. The second kappa shape index (κ2) is 8.33. The summed E-state index contributed by atoms with van der Waals surface area (Å²) in [6.45, 7) is 7.34. The number of hydrazine groups is 1. The first-order chi connectivity index (χ1) is 12.3. The van der Waals surface area contributed by atoms with Crippen molar-refractivity contribution in [2.75, 3.05) is 0 Å². The minimum absolute atomic E-state index is 0.114. The highest BCUT2D eigenvalue weighted by atomic mass is 16.3. The van der Waals surface area contributed by atoms with Gasteiger partial charge in [-0.2, -0.15) is 0 Å². The minimum atomic E-state index is -0.827. The Bertz CT molecular complexity index is 797. The third-order valence-corrected chi connectivity index (χ3v) is 3.91. The fourth-order valence-corrected chi connectivity index (χ4v) is 2.49. The fraction of sp³-hybridized carbons (Fsp3) is 0.316. The highest BCUT2D eigenvalue weighted by Gasteiger charge is 2.26. The van der Waals surface area contributed by atoms with E-state index < -0.39 is 23.8 Å². The zero-order valence-electron chi connectivity index (χ0n) is 15.3. The molecule has 7 heteroatoms. The van der Waals surface area contributed by atoms with E-state index in [9.17, 15) is 14.4 Å². The van der Waals surface area contributed by atoms with Gasteiger partial charge in [-0.05, 0) is 43.5 Å². The first-order valence-electron chi connectivity index (χ1n) is 8.31. The van der Waals surface area contributed by atoms with Gasteiger partial charge in [-0.25, -0.2) is 0 Å². The smallest absolute Gasteiger partial charge is 0.287 e. The molecule has 138 valence electrons. The summed E-state index contributed by atoms with van der Waals surface area (Å²) in [5.41, 5.74) is 7.08. The van der Waals surface area contributed by atoms with Gasteiger partial charge in [0.1, 0.15) is 6.04 Å². The summed E-state index contributed by atoms with van der Waals surface area (Å²) in [6.07, 6.45) is 1.38. The van der Waals surface area contributed by atoms with Crippen LogP contribution in [0, 0.1) is 19.8 Å². The van der Waals surface area contributed by atoms with E-state index in [0.717, 1.165) is 11.1 Å². The van der Waals surface area contributed by atoms with E-state index >= 15 is 0 Å². The number of rotatable bonds is 5. The molecule has 0 aliphatic heterocycles. The van der Waals surface area contributed by atoms with Crippen LogP contribution in [0.4, 0.5) is 0 Å². The van der Waals surface area contributed by atoms with Gasteiger partial charge in [-0.15, -0.1) is 0 Å². The number of carbonyl (C=O) groups is 3. The number of hydrogen-bond acceptors (Lipinski definition) is 4. The molecule has 2 aromatic rings. The van der Waals surface area contributed by atoms with Crippen LogP contribution in [0.5, 0.6) is 0 Å². The lowest BCUT2D eigenvalue weighted by molar-refractivity contribution is -0.124. The number of aryl methyl sites for hydroxylation is 2. The third-order valence-electron chi connectivity index (χ3n) is 3.91. The molecule has 2 rings (SSSR count). The minimum Gasteiger partial charge on any atom is -0.459 e. The maximum absolute atomic E-state index is 12.4. The number of hydrogen-bond donors (Lipinski definition) is 3. The van der Waals surface area contributed by atoms with Gasteiger partial charge >= 0.3 is 0 Å². The van der Waals surface area contributed by atoms with Crippen molar-refractivity contribution in [3.05, 3.63) is 59.0 Å². The number of amides is 3. The molecule has 1 aromatic heterocycles. The number of benzene rings is 1. The lowest BCUT2D eigenvalue weighted by Crippen LogP contribution is -2.54. The SMILES string of the molecule is Cc1ccc(C(=O)NNC(=O)[C@@H](NC(=O)c2ccco2)C(C)C)c(C)c1. The summed E-state index contributed by atoms with van der Waals surface area (Å²) in [5.74, 6) is -1.51. The van der Waals surface area contributed by atoms with Crippen molar-refractivity contribution >= 4 is 17.7 Å². The van der Waals surface area contributed by atoms with E-state index in [-0.39, 0.29) is 11.7 Å². The molecule has 1 aromatic carbocycles. The Morgan fingerprint density at radius 3 is 2.31 bits per heavy atom. The van der Waals surface area contributed by atoms with Gasteiger partial charge in [0.05, 0.1) is 6.26 Å². The monoisotopic (exact) mass is 357 g/mol. The van der Waals surface area contributed by atoms with Crippen LogP contribution in [-0.4, -0.2) is 23.8 Å². The zero-order chi connectivity index (χ0) is 19.3. The molecule has 0 saturated carbocycles. The largest absolute Gasteiger partial charge is 0.459 e. The highest BCUT2D eigenvalue weighted by Crippen LogP contribution is 2.10. The fourth-order valence-electron chi connectivity index (χ4n) is 2.49. The van der Waals surface area contributed by atoms with Gasteiger partial charge in [0.25, 0.3) is 17.7 Å². The second-order valence-electron chi connectivity index (χ2n) is 6.43. The molecule has 26 heavy (non-hydrogen) atoms. The molecule has 0 spiro atoms. The van der Waals surface area contributed by atoms with Crippen LogP contribution in [0.2, 0.25) is 0 Å². The lowest BCUT2D eigenvalue weighted by atomic mass is 10.0. The molecule has 0 fully saturated rings. The lowest BCUT2D eigenvalue weighted by Gasteiger charge is -2.21. The number of nitrogens with one attached hydrogen (secondary N) is 3. The van der Waals surface area contributed by atoms with Crippen LogP contribution in [0.25, 0.3) is 0 Å². The van der Waals surface area contributed by atoms with Gasteiger partial charge in [0.15, 0.2) is 5.76 Å². The highest BCUT2D eigenvalue weighted by molar-refractivity contribution is 5.98. The van der Waals surface area contributed by atoms with E-state index in [1.165, 1.54) is 12.3 Å². The predicted octanol–water partition coefficient (Wildman–Crippen LogP) is 2.11. The Balaban J connectivity index is 1.99. The summed E-state index contributed by atoms with van der Waals surface area (Å²) in [4.78, 5) is 36.7. The maximum atomic E-state index is 12.4. The molecule has 3 N–H and O–H groups in total. The zero-order valence-corrected chi connectivity index (χ0v) is 15.3. The Morgan fingerprint density at radius 2 is 1.73 bits per heavy atom. The van der Waals surface area contributed by atoms with Gasteiger partial charge in [-0.3, -0.25) is 25.2 Å². The molecule has 3 amide bonds. The topological polar surface area (TPSA) is 100 Å². The van der Waals surface area contributed by atoms with Crippen LogP contribution in [-0.2, 0) is 4.79 Å². The molecule has 0 bridgehead atoms. The van der Waals surface area contributed by atoms with Crippen molar-refractivity contribution in [2.45, 2.75) is 33.7 Å². The van der Waals surface area contributed by atoms with E-state index in [0.29, 0.717) is 5.56 Å². The summed E-state index contributed by atoms with van der Waals surface area (Å²) in [7, 11) is 0. The van der Waals surface area contributed by atoms with E-state index in [1.807, 2.05) is 26.0 Å². The molecule has 0 radical (unpaired) electrons. The average Bonchev–Trinajstić information content (AvgIpc) is 3.11. The van der Waals surface area contributed by atoms with Crippen LogP contribution in [0.1, 0.15) is 45.9 Å². The Kier molecular flexibility index (Phi) is 6.16. The molecular weight excluding hydrogens is 334 g/mol. The molecule has 0 saturated heterocycles. The normalized spacial score (nSPS) is 11.7. The summed E-state index contributed by atoms with van der Waals surface area (Å²) in [6, 6.07) is 7.68. The third kappa shape index (κ3) is 4.72. The van der Waals surface area contributed by atoms with Crippen LogP contribution in [0.15, 0.2) is 41.0 Å². The molecule has 0 unspecified atom stereocenters. The van der Waals surface area contributed by atoms with Crippen LogP contribution < -0.4 is 16.2 Å². The van der Waals surface area contributed by atoms with Gasteiger partial charge in [0.2, 0.25) is 0 Å². The summed E-state index contributed by atoms with van der Waals surface area (Å²) in [5, 5.41) is 2.60. The average molecular weight is 357 g/mol. The van der Waals surface area contributed by atoms with E-state index in [2.05, 4.69) is 16.2 Å². The Labute approximate surface area is 152 Å². The van der Waals surface area contributed by atoms with Crippen molar-refractivity contribution in [1.82, 2.24) is 16.2 Å². The predicted molar refractivity (Wildman–Crippen MR) is 96.3 cm³/mol. The van der Waals surface area contributed by atoms with Crippen molar-refractivity contribution in [2.24, 2.45) is 5.92 Å². The van der Waals surface area contributed by atoms with Crippen molar-refractivity contribution in [3.8, 4) is 0 Å². The summed E-state index contributed by atoms with van der Waals surface area (Å²) < 4.78 is 5.02. The van der Waals surface area contributed by atoms with Crippen LogP contribution in [0.3, 0.4) is 0 Å². The molecule has 0 aliphatic carbocycles. The van der Waals surface area contributed by atoms with Gasteiger partial charge < -0.3 is 9.73 Å². The maximum Gasteiger partial charge on any atom is 0.287 e. The van der Waals surface area contributed by atoms with Crippen LogP contribution >= 0.6 is 0 Å². The molecular formula is C19H23N3O4. The first kappa shape index (κ1) is 19.2.